The first-order chi connectivity index (χ1) is 13.6. The Morgan fingerprint density at radius 2 is 1.86 bits per heavy atom. The SMILES string of the molecule is CCOc1ccc(C(c2ccccn2)N2CCC(C(=O)O)CC2)cc1OCC. The molecular formula is C22H28N2O4. The zero-order chi connectivity index (χ0) is 19.9. The first-order valence-electron chi connectivity index (χ1n) is 9.91. The molecule has 0 bridgehead atoms. The van der Waals surface area contributed by atoms with E-state index in [0.29, 0.717) is 26.1 Å². The fourth-order valence-corrected chi connectivity index (χ4v) is 3.75. The molecule has 6 heteroatoms. The van der Waals surface area contributed by atoms with Crippen LogP contribution in [0.25, 0.3) is 0 Å². The van der Waals surface area contributed by atoms with E-state index < -0.39 is 5.97 Å². The van der Waals surface area contributed by atoms with Crippen LogP contribution in [-0.2, 0) is 4.79 Å². The molecule has 2 aromatic rings. The van der Waals surface area contributed by atoms with Crippen LogP contribution in [0.2, 0.25) is 0 Å². The Morgan fingerprint density at radius 3 is 2.46 bits per heavy atom. The van der Waals surface area contributed by atoms with E-state index in [1.807, 2.05) is 44.2 Å². The number of benzene rings is 1. The largest absolute Gasteiger partial charge is 0.490 e. The number of carboxylic acid groups (broad SMARTS) is 1. The summed E-state index contributed by atoms with van der Waals surface area (Å²) >= 11 is 0. The maximum absolute atomic E-state index is 11.3. The second-order valence-corrected chi connectivity index (χ2v) is 6.88. The summed E-state index contributed by atoms with van der Waals surface area (Å²) in [6, 6.07) is 11.9. The molecule has 1 aromatic carbocycles. The van der Waals surface area contributed by atoms with Crippen LogP contribution in [0.5, 0.6) is 11.5 Å². The van der Waals surface area contributed by atoms with Gasteiger partial charge >= 0.3 is 5.97 Å². The van der Waals surface area contributed by atoms with Gasteiger partial charge in [0.25, 0.3) is 0 Å². The van der Waals surface area contributed by atoms with Gasteiger partial charge in [0.05, 0.1) is 30.9 Å². The van der Waals surface area contributed by atoms with Crippen LogP contribution in [0.15, 0.2) is 42.6 Å². The first kappa shape index (κ1) is 20.1. The van der Waals surface area contributed by atoms with Crippen molar-refractivity contribution >= 4 is 5.97 Å². The van der Waals surface area contributed by atoms with Gasteiger partial charge in [-0.3, -0.25) is 14.7 Å². The molecule has 0 spiro atoms. The molecule has 3 rings (SSSR count). The Balaban J connectivity index is 1.94. The van der Waals surface area contributed by atoms with Crippen molar-refractivity contribution in [3.05, 3.63) is 53.9 Å². The minimum Gasteiger partial charge on any atom is -0.490 e. The highest BCUT2D eigenvalue weighted by molar-refractivity contribution is 5.70. The minimum atomic E-state index is -0.700. The van der Waals surface area contributed by atoms with E-state index in [-0.39, 0.29) is 12.0 Å². The van der Waals surface area contributed by atoms with Crippen LogP contribution in [0.1, 0.15) is 44.0 Å². The topological polar surface area (TPSA) is 71.9 Å². The maximum Gasteiger partial charge on any atom is 0.306 e. The van der Waals surface area contributed by atoms with Crippen LogP contribution >= 0.6 is 0 Å². The molecule has 2 heterocycles. The minimum absolute atomic E-state index is 0.0502. The average Bonchev–Trinajstić information content (AvgIpc) is 2.71. The van der Waals surface area contributed by atoms with E-state index in [0.717, 1.165) is 35.8 Å². The second-order valence-electron chi connectivity index (χ2n) is 6.88. The van der Waals surface area contributed by atoms with Gasteiger partial charge in [0.2, 0.25) is 0 Å². The molecule has 1 saturated heterocycles. The van der Waals surface area contributed by atoms with Crippen molar-refractivity contribution in [1.82, 2.24) is 9.88 Å². The van der Waals surface area contributed by atoms with Crippen LogP contribution < -0.4 is 9.47 Å². The first-order valence-corrected chi connectivity index (χ1v) is 9.91. The van der Waals surface area contributed by atoms with E-state index in [1.165, 1.54) is 0 Å². The lowest BCUT2D eigenvalue weighted by Crippen LogP contribution is -2.39. The lowest BCUT2D eigenvalue weighted by molar-refractivity contribution is -0.143. The molecule has 1 unspecified atom stereocenters. The maximum atomic E-state index is 11.3. The average molecular weight is 384 g/mol. The number of aliphatic carboxylic acids is 1. The number of carbonyl (C=O) groups is 1. The zero-order valence-electron chi connectivity index (χ0n) is 16.5. The highest BCUT2D eigenvalue weighted by atomic mass is 16.5. The van der Waals surface area contributed by atoms with Crippen LogP contribution in [0.3, 0.4) is 0 Å². The van der Waals surface area contributed by atoms with Crippen molar-refractivity contribution in [3.8, 4) is 11.5 Å². The molecule has 1 aromatic heterocycles. The van der Waals surface area contributed by atoms with Crippen LogP contribution in [0.4, 0.5) is 0 Å². The molecule has 1 aliphatic heterocycles. The number of piperidine rings is 1. The summed E-state index contributed by atoms with van der Waals surface area (Å²) in [6.07, 6.45) is 3.09. The molecule has 150 valence electrons. The van der Waals surface area contributed by atoms with Gasteiger partial charge in [-0.25, -0.2) is 0 Å². The van der Waals surface area contributed by atoms with Crippen LogP contribution in [0, 0.1) is 5.92 Å². The predicted molar refractivity (Wildman–Crippen MR) is 107 cm³/mol. The molecule has 28 heavy (non-hydrogen) atoms. The number of hydrogen-bond acceptors (Lipinski definition) is 5. The van der Waals surface area contributed by atoms with Gasteiger partial charge < -0.3 is 14.6 Å². The lowest BCUT2D eigenvalue weighted by Gasteiger charge is -2.36. The lowest BCUT2D eigenvalue weighted by atomic mass is 9.93. The van der Waals surface area contributed by atoms with Crippen molar-refractivity contribution in [2.24, 2.45) is 5.92 Å². The number of rotatable bonds is 8. The number of carboxylic acids is 1. The van der Waals surface area contributed by atoms with Gasteiger partial charge in [0.1, 0.15) is 0 Å². The fraction of sp³-hybridized carbons (Fsp3) is 0.455. The van der Waals surface area contributed by atoms with Crippen molar-refractivity contribution < 1.29 is 19.4 Å². The Kier molecular flexibility index (Phi) is 6.87. The molecule has 0 amide bonds. The van der Waals surface area contributed by atoms with Gasteiger partial charge in [-0.15, -0.1) is 0 Å². The van der Waals surface area contributed by atoms with Gasteiger partial charge in [-0.2, -0.15) is 0 Å². The third-order valence-electron chi connectivity index (χ3n) is 5.10. The third-order valence-corrected chi connectivity index (χ3v) is 5.10. The van der Waals surface area contributed by atoms with E-state index >= 15 is 0 Å². The Hall–Kier alpha value is -2.60. The molecule has 1 N–H and O–H groups in total. The van der Waals surface area contributed by atoms with Gasteiger partial charge in [0, 0.05) is 6.20 Å². The number of aromatic nitrogens is 1. The highest BCUT2D eigenvalue weighted by Crippen LogP contribution is 2.36. The summed E-state index contributed by atoms with van der Waals surface area (Å²) in [5.74, 6) is 0.495. The van der Waals surface area contributed by atoms with Crippen LogP contribution in [-0.4, -0.2) is 47.3 Å². The third kappa shape index (κ3) is 4.62. The van der Waals surface area contributed by atoms with Gasteiger partial charge in [-0.05, 0) is 69.6 Å². The normalized spacial score (nSPS) is 16.5. The molecule has 0 saturated carbocycles. The number of hydrogen-bond donors (Lipinski definition) is 1. The van der Waals surface area contributed by atoms with Crippen molar-refractivity contribution in [3.63, 3.8) is 0 Å². The van der Waals surface area contributed by atoms with E-state index in [9.17, 15) is 9.90 Å². The second kappa shape index (κ2) is 9.55. The number of likely N-dealkylation sites (tertiary alicyclic amines) is 1. The Morgan fingerprint density at radius 1 is 1.14 bits per heavy atom. The monoisotopic (exact) mass is 384 g/mol. The number of nitrogens with zero attached hydrogens (tertiary/aromatic N) is 2. The zero-order valence-corrected chi connectivity index (χ0v) is 16.5. The molecule has 0 radical (unpaired) electrons. The Bertz CT molecular complexity index is 773. The van der Waals surface area contributed by atoms with Gasteiger partial charge in [-0.1, -0.05) is 12.1 Å². The summed E-state index contributed by atoms with van der Waals surface area (Å²) in [5, 5.41) is 9.31. The van der Waals surface area contributed by atoms with E-state index in [1.54, 1.807) is 6.20 Å². The summed E-state index contributed by atoms with van der Waals surface area (Å²) in [4.78, 5) is 18.2. The van der Waals surface area contributed by atoms with Crippen molar-refractivity contribution in [2.75, 3.05) is 26.3 Å². The van der Waals surface area contributed by atoms with Gasteiger partial charge in [0.15, 0.2) is 11.5 Å². The summed E-state index contributed by atoms with van der Waals surface area (Å²) in [5.41, 5.74) is 2.02. The predicted octanol–water partition coefficient (Wildman–Crippen LogP) is 3.77. The summed E-state index contributed by atoms with van der Waals surface area (Å²) in [7, 11) is 0. The smallest absolute Gasteiger partial charge is 0.306 e. The number of ether oxygens (including phenoxy) is 2. The standard InChI is InChI=1S/C22H28N2O4/c1-3-27-19-9-8-17(15-20(19)28-4-2)21(18-7-5-6-12-23-18)24-13-10-16(11-14-24)22(25)26/h5-9,12,15-16,21H,3-4,10-11,13-14H2,1-2H3,(H,25,26). The fourth-order valence-electron chi connectivity index (χ4n) is 3.75. The summed E-state index contributed by atoms with van der Waals surface area (Å²) < 4.78 is 11.5. The summed E-state index contributed by atoms with van der Waals surface area (Å²) in [6.45, 7) is 6.47. The molecular weight excluding hydrogens is 356 g/mol. The number of pyridine rings is 1. The van der Waals surface area contributed by atoms with Crippen molar-refractivity contribution in [2.45, 2.75) is 32.7 Å². The quantitative estimate of drug-likeness (QED) is 0.747. The molecule has 0 aliphatic carbocycles. The van der Waals surface area contributed by atoms with E-state index in [2.05, 4.69) is 16.0 Å². The molecule has 1 atom stereocenters. The highest BCUT2D eigenvalue weighted by Gasteiger charge is 2.31. The van der Waals surface area contributed by atoms with E-state index in [4.69, 9.17) is 9.47 Å². The van der Waals surface area contributed by atoms with Crippen molar-refractivity contribution in [1.29, 1.82) is 0 Å². The molecule has 6 nitrogen and oxygen atoms in total. The molecule has 1 fully saturated rings. The molecule has 1 aliphatic rings. The Labute approximate surface area is 166 Å².